The van der Waals surface area contributed by atoms with E-state index >= 15 is 0 Å². The molecule has 0 aliphatic carbocycles. The summed E-state index contributed by atoms with van der Waals surface area (Å²) in [5, 5.41) is 9.19. The lowest BCUT2D eigenvalue weighted by Gasteiger charge is -2.19. The van der Waals surface area contributed by atoms with Crippen LogP contribution in [0.25, 0.3) is 33.2 Å². The number of aromatic nitrogens is 3. The number of aryl methyl sites for hydroxylation is 2. The second kappa shape index (κ2) is 8.72. The van der Waals surface area contributed by atoms with Crippen molar-refractivity contribution in [3.63, 3.8) is 0 Å². The smallest absolute Gasteiger partial charge is 0.358 e. The van der Waals surface area contributed by atoms with E-state index in [0.717, 1.165) is 27.6 Å². The third-order valence-corrected chi connectivity index (χ3v) is 5.93. The molecule has 3 aromatic heterocycles. The van der Waals surface area contributed by atoms with Crippen LogP contribution in [0.2, 0.25) is 0 Å². The number of hydrogen-bond donors (Lipinski definition) is 1. The second-order valence-corrected chi connectivity index (χ2v) is 8.54. The van der Waals surface area contributed by atoms with Crippen LogP contribution < -0.4 is 10.7 Å². The van der Waals surface area contributed by atoms with Gasteiger partial charge in [-0.25, -0.2) is 9.78 Å². The Labute approximate surface area is 201 Å². The lowest BCUT2D eigenvalue weighted by Crippen LogP contribution is -2.14. The van der Waals surface area contributed by atoms with Crippen LogP contribution in [-0.4, -0.2) is 27.8 Å². The topological polar surface area (TPSA) is 99.2 Å². The van der Waals surface area contributed by atoms with Crippen molar-refractivity contribution in [1.29, 1.82) is 0 Å². The molecule has 0 aliphatic heterocycles. The molecule has 0 aliphatic rings. The minimum atomic E-state index is -0.533. The highest BCUT2D eigenvalue weighted by Crippen LogP contribution is 2.32. The molecule has 0 spiro atoms. The largest absolute Gasteiger partial charge is 0.464 e. The Balaban J connectivity index is 1.62. The molecule has 5 rings (SSSR count). The van der Waals surface area contributed by atoms with Gasteiger partial charge in [-0.15, -0.1) is 0 Å². The highest BCUT2D eigenvalue weighted by Gasteiger charge is 2.19. The number of carbonyl (C=O) groups excluding carboxylic acids is 1. The van der Waals surface area contributed by atoms with Crippen molar-refractivity contribution in [2.45, 2.75) is 19.9 Å². The predicted octanol–water partition coefficient (Wildman–Crippen LogP) is 5.01. The van der Waals surface area contributed by atoms with Gasteiger partial charge in [0, 0.05) is 42.0 Å². The average molecular weight is 469 g/mol. The molecule has 2 aromatic carbocycles. The van der Waals surface area contributed by atoms with E-state index in [4.69, 9.17) is 9.15 Å². The van der Waals surface area contributed by atoms with E-state index in [-0.39, 0.29) is 17.2 Å². The molecule has 35 heavy (non-hydrogen) atoms. The normalized spacial score (nSPS) is 12.1. The Morgan fingerprint density at radius 2 is 2.00 bits per heavy atom. The first-order chi connectivity index (χ1) is 16.8. The number of carbonyl (C=O) groups is 1. The van der Waals surface area contributed by atoms with Crippen LogP contribution in [-0.2, 0) is 11.8 Å². The number of methoxy groups -OCH3 is 1. The first kappa shape index (κ1) is 22.3. The molecule has 1 atom stereocenters. The summed E-state index contributed by atoms with van der Waals surface area (Å²) in [5.41, 5.74) is 4.46. The third kappa shape index (κ3) is 4.14. The summed E-state index contributed by atoms with van der Waals surface area (Å²) < 4.78 is 13.0. The van der Waals surface area contributed by atoms with Gasteiger partial charge in [-0.2, -0.15) is 5.10 Å². The van der Waals surface area contributed by atoms with Crippen LogP contribution in [0.1, 0.15) is 34.6 Å². The molecule has 0 radical (unpaired) electrons. The molecule has 8 nitrogen and oxygen atoms in total. The third-order valence-electron chi connectivity index (χ3n) is 5.93. The maximum atomic E-state index is 13.1. The number of rotatable bonds is 5. The van der Waals surface area contributed by atoms with Gasteiger partial charge in [-0.05, 0) is 55.8 Å². The molecule has 0 unspecified atom stereocenters. The summed E-state index contributed by atoms with van der Waals surface area (Å²) >= 11 is 0. The maximum absolute atomic E-state index is 13.1. The summed E-state index contributed by atoms with van der Waals surface area (Å²) in [6.07, 6.45) is 3.46. The first-order valence-corrected chi connectivity index (χ1v) is 11.2. The number of benzene rings is 2. The van der Waals surface area contributed by atoms with Crippen LogP contribution in [0.3, 0.4) is 0 Å². The Hall–Kier alpha value is -4.46. The van der Waals surface area contributed by atoms with Gasteiger partial charge in [-0.3, -0.25) is 9.48 Å². The van der Waals surface area contributed by atoms with Crippen molar-refractivity contribution >= 4 is 33.5 Å². The molecule has 0 bridgehead atoms. The number of pyridine rings is 1. The Bertz CT molecular complexity index is 1650. The molecule has 0 fully saturated rings. The van der Waals surface area contributed by atoms with Gasteiger partial charge in [0.1, 0.15) is 11.3 Å². The summed E-state index contributed by atoms with van der Waals surface area (Å²) in [5.74, 6) is -0.0591. The summed E-state index contributed by atoms with van der Waals surface area (Å²) in [7, 11) is 3.18. The Morgan fingerprint density at radius 3 is 2.80 bits per heavy atom. The Morgan fingerprint density at radius 1 is 1.17 bits per heavy atom. The average Bonchev–Trinajstić information content (AvgIpc) is 3.23. The lowest BCUT2D eigenvalue weighted by molar-refractivity contribution is 0.0595. The molecular weight excluding hydrogens is 444 g/mol. The van der Waals surface area contributed by atoms with Gasteiger partial charge in [0.15, 0.2) is 11.1 Å². The van der Waals surface area contributed by atoms with Crippen molar-refractivity contribution in [1.82, 2.24) is 14.8 Å². The van der Waals surface area contributed by atoms with E-state index in [1.807, 2.05) is 57.4 Å². The zero-order valence-electron chi connectivity index (χ0n) is 19.8. The number of fused-ring (bicyclic) bond motifs is 2. The number of nitrogens with one attached hydrogen (secondary N) is 1. The van der Waals surface area contributed by atoms with E-state index in [9.17, 15) is 9.59 Å². The van der Waals surface area contributed by atoms with Gasteiger partial charge in [0.25, 0.3) is 0 Å². The highest BCUT2D eigenvalue weighted by atomic mass is 16.5. The molecule has 3 heterocycles. The van der Waals surface area contributed by atoms with E-state index in [0.29, 0.717) is 22.4 Å². The van der Waals surface area contributed by atoms with Crippen LogP contribution in [0, 0.1) is 6.92 Å². The van der Waals surface area contributed by atoms with Crippen LogP contribution in [0.15, 0.2) is 70.1 Å². The quantitative estimate of drug-likeness (QED) is 0.362. The second-order valence-electron chi connectivity index (χ2n) is 8.54. The monoisotopic (exact) mass is 468 g/mol. The molecule has 0 amide bonds. The van der Waals surface area contributed by atoms with E-state index in [1.54, 1.807) is 16.8 Å². The van der Waals surface area contributed by atoms with Gasteiger partial charge in [0.05, 0.1) is 29.7 Å². The minimum Gasteiger partial charge on any atom is -0.464 e. The fourth-order valence-corrected chi connectivity index (χ4v) is 4.29. The van der Waals surface area contributed by atoms with E-state index < -0.39 is 5.97 Å². The maximum Gasteiger partial charge on any atom is 0.358 e. The molecule has 5 aromatic rings. The van der Waals surface area contributed by atoms with Crippen LogP contribution in [0.4, 0.5) is 5.69 Å². The lowest BCUT2D eigenvalue weighted by atomic mass is 10.0. The Kier molecular flexibility index (Phi) is 5.56. The van der Waals surface area contributed by atoms with Crippen molar-refractivity contribution in [3.8, 4) is 11.3 Å². The van der Waals surface area contributed by atoms with Crippen molar-refractivity contribution in [3.05, 3.63) is 88.0 Å². The summed E-state index contributed by atoms with van der Waals surface area (Å²) in [6, 6.07) is 14.3. The van der Waals surface area contributed by atoms with Gasteiger partial charge >= 0.3 is 5.97 Å². The zero-order valence-corrected chi connectivity index (χ0v) is 19.8. The van der Waals surface area contributed by atoms with Crippen LogP contribution >= 0.6 is 0 Å². The fourth-order valence-electron chi connectivity index (χ4n) is 4.29. The standard InChI is InChI=1S/C27H24N4O4/c1-15-10-19(16(2)29-22-6-5-9-28-25(22)27(33)34-4)26-20(11-15)23(32)13-24(35-26)17-7-8-21-18(12-17)14-31(3)30-21/h5-14,16,29H,1-4H3/t16-/m1/s1. The molecule has 176 valence electrons. The SMILES string of the molecule is COC(=O)c1ncccc1N[C@H](C)c1cc(C)cc2c(=O)cc(-c3ccc4nn(C)cc4c3)oc12. The molecule has 0 saturated heterocycles. The summed E-state index contributed by atoms with van der Waals surface area (Å²) in [4.78, 5) is 29.5. The number of nitrogens with zero attached hydrogens (tertiary/aromatic N) is 3. The zero-order chi connectivity index (χ0) is 24.7. The molecule has 8 heteroatoms. The first-order valence-electron chi connectivity index (χ1n) is 11.2. The molecule has 1 N–H and O–H groups in total. The van der Waals surface area contributed by atoms with Crippen molar-refractivity contribution in [2.24, 2.45) is 7.05 Å². The van der Waals surface area contributed by atoms with Crippen molar-refractivity contribution in [2.75, 3.05) is 12.4 Å². The highest BCUT2D eigenvalue weighted by molar-refractivity contribution is 5.93. The van der Waals surface area contributed by atoms with Crippen LogP contribution in [0.5, 0.6) is 0 Å². The van der Waals surface area contributed by atoms with Gasteiger partial charge in [-0.1, -0.05) is 6.07 Å². The number of anilines is 1. The van der Waals surface area contributed by atoms with Gasteiger partial charge in [0.2, 0.25) is 0 Å². The van der Waals surface area contributed by atoms with E-state index in [2.05, 4.69) is 15.4 Å². The minimum absolute atomic E-state index is 0.124. The number of esters is 1. The number of ether oxygens (including phenoxy) is 1. The predicted molar refractivity (Wildman–Crippen MR) is 135 cm³/mol. The number of hydrogen-bond acceptors (Lipinski definition) is 7. The van der Waals surface area contributed by atoms with Crippen molar-refractivity contribution < 1.29 is 13.9 Å². The molecule has 0 saturated carbocycles. The van der Waals surface area contributed by atoms with E-state index in [1.165, 1.54) is 19.4 Å². The molecular formula is C27H24N4O4. The van der Waals surface area contributed by atoms with Gasteiger partial charge < -0.3 is 14.5 Å². The fraction of sp³-hybridized carbons (Fsp3) is 0.185. The summed E-state index contributed by atoms with van der Waals surface area (Å²) in [6.45, 7) is 3.87.